The summed E-state index contributed by atoms with van der Waals surface area (Å²) in [6.07, 6.45) is 0. The highest BCUT2D eigenvalue weighted by Crippen LogP contribution is 2.15. The van der Waals surface area contributed by atoms with E-state index in [4.69, 9.17) is 0 Å². The molecule has 2 amide bonds. The quantitative estimate of drug-likeness (QED) is 0.905. The first kappa shape index (κ1) is 16.7. The maximum absolute atomic E-state index is 12.3. The Morgan fingerprint density at radius 2 is 2.00 bits per heavy atom. The number of fused-ring (bicyclic) bond motifs is 1. The van der Waals surface area contributed by atoms with Crippen LogP contribution < -0.4 is 10.6 Å². The number of para-hydroxylation sites is 1. The zero-order valence-corrected chi connectivity index (χ0v) is 14.5. The molecular formula is C18H25N5O. The Labute approximate surface area is 142 Å². The van der Waals surface area contributed by atoms with Gasteiger partial charge in [-0.3, -0.25) is 10.2 Å². The number of likely N-dealkylation sites (N-methyl/N-ethyl adjacent to an activating group) is 2. The number of urea groups is 1. The standard InChI is InChI=1S/C18H25N5O/c1-13(16-12-22(2)10-11-23(16)3)19-18(24)21-17-9-8-14-6-4-5-7-15(14)20-17/h4-9,13,16H,10-12H2,1-3H3,(H2,19,20,21,24). The lowest BCUT2D eigenvalue weighted by molar-refractivity contribution is 0.0946. The van der Waals surface area contributed by atoms with Gasteiger partial charge in [-0.1, -0.05) is 18.2 Å². The number of carbonyl (C=O) groups is 1. The van der Waals surface area contributed by atoms with Crippen molar-refractivity contribution in [1.29, 1.82) is 0 Å². The van der Waals surface area contributed by atoms with E-state index in [-0.39, 0.29) is 12.1 Å². The van der Waals surface area contributed by atoms with Crippen LogP contribution in [0.2, 0.25) is 0 Å². The second-order valence-corrected chi connectivity index (χ2v) is 6.59. The molecule has 2 heterocycles. The van der Waals surface area contributed by atoms with Gasteiger partial charge in [0, 0.05) is 37.1 Å². The smallest absolute Gasteiger partial charge is 0.320 e. The van der Waals surface area contributed by atoms with Gasteiger partial charge in [0.15, 0.2) is 0 Å². The van der Waals surface area contributed by atoms with E-state index in [1.54, 1.807) is 0 Å². The SMILES string of the molecule is CC(NC(=O)Nc1ccc2ccccc2n1)C1CN(C)CCN1C. The number of anilines is 1. The highest BCUT2D eigenvalue weighted by molar-refractivity contribution is 5.90. The number of aromatic nitrogens is 1. The Hall–Kier alpha value is -2.18. The molecule has 1 fully saturated rings. The van der Waals surface area contributed by atoms with Crippen molar-refractivity contribution in [2.24, 2.45) is 0 Å². The third kappa shape index (κ3) is 3.83. The van der Waals surface area contributed by atoms with Gasteiger partial charge in [0.25, 0.3) is 0 Å². The second-order valence-electron chi connectivity index (χ2n) is 6.59. The van der Waals surface area contributed by atoms with E-state index in [1.165, 1.54) is 0 Å². The molecule has 2 N–H and O–H groups in total. The van der Waals surface area contributed by atoms with Crippen molar-refractivity contribution >= 4 is 22.8 Å². The van der Waals surface area contributed by atoms with Crippen LogP contribution in [-0.2, 0) is 0 Å². The van der Waals surface area contributed by atoms with Gasteiger partial charge in [0.2, 0.25) is 0 Å². The summed E-state index contributed by atoms with van der Waals surface area (Å²) in [7, 11) is 4.23. The van der Waals surface area contributed by atoms with E-state index in [0.29, 0.717) is 11.9 Å². The molecule has 1 aromatic carbocycles. The summed E-state index contributed by atoms with van der Waals surface area (Å²) in [6.45, 7) is 5.08. The summed E-state index contributed by atoms with van der Waals surface area (Å²) in [5.74, 6) is 0.563. The van der Waals surface area contributed by atoms with Crippen LogP contribution in [0.15, 0.2) is 36.4 Å². The Bertz CT molecular complexity index is 719. The molecule has 6 heteroatoms. The van der Waals surface area contributed by atoms with E-state index < -0.39 is 0 Å². The lowest BCUT2D eigenvalue weighted by atomic mass is 10.1. The van der Waals surface area contributed by atoms with Crippen LogP contribution in [0.1, 0.15) is 6.92 Å². The van der Waals surface area contributed by atoms with Gasteiger partial charge in [-0.25, -0.2) is 9.78 Å². The van der Waals surface area contributed by atoms with Crippen molar-refractivity contribution in [3.63, 3.8) is 0 Å². The topological polar surface area (TPSA) is 60.5 Å². The molecular weight excluding hydrogens is 302 g/mol. The van der Waals surface area contributed by atoms with Crippen molar-refractivity contribution in [3.05, 3.63) is 36.4 Å². The normalized spacial score (nSPS) is 20.7. The number of nitrogens with zero attached hydrogens (tertiary/aromatic N) is 3. The van der Waals surface area contributed by atoms with Crippen LogP contribution in [0.4, 0.5) is 10.6 Å². The Morgan fingerprint density at radius 1 is 1.21 bits per heavy atom. The number of rotatable bonds is 3. The first-order chi connectivity index (χ1) is 11.5. The summed E-state index contributed by atoms with van der Waals surface area (Å²) < 4.78 is 0. The summed E-state index contributed by atoms with van der Waals surface area (Å²) >= 11 is 0. The number of carbonyl (C=O) groups excluding carboxylic acids is 1. The summed E-state index contributed by atoms with van der Waals surface area (Å²) in [5.41, 5.74) is 0.872. The van der Waals surface area contributed by atoms with Crippen molar-refractivity contribution in [3.8, 4) is 0 Å². The van der Waals surface area contributed by atoms with E-state index in [1.807, 2.05) is 43.3 Å². The highest BCUT2D eigenvalue weighted by atomic mass is 16.2. The highest BCUT2D eigenvalue weighted by Gasteiger charge is 2.28. The molecule has 2 atom stereocenters. The van der Waals surface area contributed by atoms with Gasteiger partial charge in [0.05, 0.1) is 5.52 Å². The largest absolute Gasteiger partial charge is 0.334 e. The lowest BCUT2D eigenvalue weighted by Crippen LogP contribution is -2.58. The molecule has 0 bridgehead atoms. The molecule has 0 spiro atoms. The van der Waals surface area contributed by atoms with Crippen LogP contribution in [0.25, 0.3) is 10.9 Å². The average molecular weight is 327 g/mol. The zero-order chi connectivity index (χ0) is 17.1. The van der Waals surface area contributed by atoms with Crippen LogP contribution in [0.5, 0.6) is 0 Å². The third-order valence-electron chi connectivity index (χ3n) is 4.68. The van der Waals surface area contributed by atoms with Gasteiger partial charge in [-0.05, 0) is 39.2 Å². The van der Waals surface area contributed by atoms with E-state index in [2.05, 4.69) is 39.5 Å². The minimum atomic E-state index is -0.216. The summed E-state index contributed by atoms with van der Waals surface area (Å²) in [6, 6.07) is 11.8. The minimum absolute atomic E-state index is 0.0539. The van der Waals surface area contributed by atoms with Crippen molar-refractivity contribution in [2.45, 2.75) is 19.0 Å². The molecule has 0 radical (unpaired) electrons. The first-order valence-electron chi connectivity index (χ1n) is 8.35. The predicted molar refractivity (Wildman–Crippen MR) is 97.3 cm³/mol. The van der Waals surface area contributed by atoms with E-state index >= 15 is 0 Å². The molecule has 1 aromatic heterocycles. The van der Waals surface area contributed by atoms with Crippen molar-refractivity contribution in [2.75, 3.05) is 39.0 Å². The van der Waals surface area contributed by atoms with Crippen LogP contribution in [0.3, 0.4) is 0 Å². The summed E-state index contributed by atoms with van der Waals surface area (Å²) in [5, 5.41) is 6.93. The molecule has 1 aliphatic rings. The molecule has 0 aliphatic carbocycles. The summed E-state index contributed by atoms with van der Waals surface area (Å²) in [4.78, 5) is 21.4. The number of piperazine rings is 1. The number of hydrogen-bond acceptors (Lipinski definition) is 4. The lowest BCUT2D eigenvalue weighted by Gasteiger charge is -2.40. The number of amides is 2. The van der Waals surface area contributed by atoms with E-state index in [9.17, 15) is 4.79 Å². The number of hydrogen-bond donors (Lipinski definition) is 2. The van der Waals surface area contributed by atoms with Gasteiger partial charge in [-0.2, -0.15) is 0 Å². The van der Waals surface area contributed by atoms with Crippen LogP contribution in [-0.4, -0.2) is 66.6 Å². The average Bonchev–Trinajstić information content (AvgIpc) is 2.56. The van der Waals surface area contributed by atoms with Gasteiger partial charge < -0.3 is 10.2 Å². The maximum atomic E-state index is 12.3. The number of benzene rings is 1. The fraction of sp³-hybridized carbons (Fsp3) is 0.444. The molecule has 1 saturated heterocycles. The molecule has 6 nitrogen and oxygen atoms in total. The first-order valence-corrected chi connectivity index (χ1v) is 8.35. The maximum Gasteiger partial charge on any atom is 0.320 e. The van der Waals surface area contributed by atoms with Crippen molar-refractivity contribution in [1.82, 2.24) is 20.1 Å². The number of nitrogens with one attached hydrogen (secondary N) is 2. The van der Waals surface area contributed by atoms with Crippen LogP contribution >= 0.6 is 0 Å². The Balaban J connectivity index is 1.61. The number of pyridine rings is 1. The molecule has 24 heavy (non-hydrogen) atoms. The van der Waals surface area contributed by atoms with Gasteiger partial charge >= 0.3 is 6.03 Å². The van der Waals surface area contributed by atoms with E-state index in [0.717, 1.165) is 30.5 Å². The van der Waals surface area contributed by atoms with Gasteiger partial charge in [-0.15, -0.1) is 0 Å². The molecule has 128 valence electrons. The second kappa shape index (κ2) is 7.15. The fourth-order valence-corrected chi connectivity index (χ4v) is 3.18. The predicted octanol–water partition coefficient (Wildman–Crippen LogP) is 1.99. The molecule has 2 aromatic rings. The van der Waals surface area contributed by atoms with Crippen molar-refractivity contribution < 1.29 is 4.79 Å². The molecule has 2 unspecified atom stereocenters. The Morgan fingerprint density at radius 3 is 2.83 bits per heavy atom. The fourth-order valence-electron chi connectivity index (χ4n) is 3.18. The molecule has 0 saturated carbocycles. The molecule has 3 rings (SSSR count). The third-order valence-corrected chi connectivity index (χ3v) is 4.68. The van der Waals surface area contributed by atoms with Gasteiger partial charge in [0.1, 0.15) is 5.82 Å². The monoisotopic (exact) mass is 327 g/mol. The van der Waals surface area contributed by atoms with Crippen LogP contribution in [0, 0.1) is 0 Å². The Kier molecular flexibility index (Phi) is 4.97. The zero-order valence-electron chi connectivity index (χ0n) is 14.5. The molecule has 1 aliphatic heterocycles. The minimum Gasteiger partial charge on any atom is -0.334 e.